The number of rotatable bonds is 9. The first-order valence-electron chi connectivity index (χ1n) is 16.7. The number of hydrogen-bond donors (Lipinski definition) is 3. The number of aliphatic hydroxyl groups is 1. The summed E-state index contributed by atoms with van der Waals surface area (Å²) in [5.74, 6) is 0.708. The molecule has 9 heteroatoms. The maximum atomic E-state index is 13.0. The monoisotopic (exact) mass is 642 g/mol. The Morgan fingerprint density at radius 1 is 0.958 bits per heavy atom. The number of piperidine rings is 1. The normalized spacial score (nSPS) is 15.7. The molecule has 9 nitrogen and oxygen atoms in total. The van der Waals surface area contributed by atoms with E-state index >= 15 is 0 Å². The molecule has 2 aliphatic rings. The largest absolute Gasteiger partial charge is 0.396 e. The number of aliphatic imine (C=N–C) groups is 1. The van der Waals surface area contributed by atoms with Crippen LogP contribution in [0.1, 0.15) is 59.8 Å². The summed E-state index contributed by atoms with van der Waals surface area (Å²) >= 11 is 0. The first-order chi connectivity index (χ1) is 23.3. The van der Waals surface area contributed by atoms with Crippen molar-refractivity contribution >= 4 is 34.2 Å². The molecule has 3 heterocycles. The number of para-hydroxylation sites is 3. The van der Waals surface area contributed by atoms with Gasteiger partial charge in [0.1, 0.15) is 5.84 Å². The lowest BCUT2D eigenvalue weighted by Gasteiger charge is -2.33. The predicted molar refractivity (Wildman–Crippen MR) is 191 cm³/mol. The number of imidazole rings is 1. The molecule has 0 aliphatic carbocycles. The van der Waals surface area contributed by atoms with Gasteiger partial charge in [-0.25, -0.2) is 9.79 Å². The lowest BCUT2D eigenvalue weighted by molar-refractivity contribution is 0.0911. The molecule has 0 spiro atoms. The zero-order chi connectivity index (χ0) is 33.3. The van der Waals surface area contributed by atoms with Gasteiger partial charge in [0.2, 0.25) is 0 Å². The van der Waals surface area contributed by atoms with Gasteiger partial charge in [-0.1, -0.05) is 68.4 Å². The lowest BCUT2D eigenvalue weighted by atomic mass is 9.95. The summed E-state index contributed by atoms with van der Waals surface area (Å²) in [6.45, 7) is 7.52. The van der Waals surface area contributed by atoms with Crippen molar-refractivity contribution in [2.45, 2.75) is 45.8 Å². The van der Waals surface area contributed by atoms with E-state index in [0.717, 1.165) is 71.8 Å². The summed E-state index contributed by atoms with van der Waals surface area (Å²) in [6, 6.07) is 32.7. The number of fused-ring (bicyclic) bond motifs is 2. The summed E-state index contributed by atoms with van der Waals surface area (Å²) in [7, 11) is 0. The number of hydrogen-bond acceptors (Lipinski definition) is 6. The summed E-state index contributed by atoms with van der Waals surface area (Å²) < 4.78 is 1.94. The van der Waals surface area contributed by atoms with Gasteiger partial charge in [-0.15, -0.1) is 0 Å². The first kappa shape index (κ1) is 31.6. The number of anilines is 1. The maximum Gasteiger partial charge on any atom is 0.326 e. The van der Waals surface area contributed by atoms with E-state index in [-0.39, 0.29) is 29.7 Å². The molecule has 2 aliphatic heterocycles. The van der Waals surface area contributed by atoms with Gasteiger partial charge in [0.05, 0.1) is 23.3 Å². The van der Waals surface area contributed by atoms with Gasteiger partial charge in [-0.3, -0.25) is 14.3 Å². The molecular weight excluding hydrogens is 600 g/mol. The smallest absolute Gasteiger partial charge is 0.326 e. The highest BCUT2D eigenvalue weighted by Crippen LogP contribution is 2.33. The third-order valence-corrected chi connectivity index (χ3v) is 9.54. The van der Waals surface area contributed by atoms with Crippen LogP contribution in [0.5, 0.6) is 0 Å². The Kier molecular flexibility index (Phi) is 8.73. The first-order valence-corrected chi connectivity index (χ1v) is 16.7. The van der Waals surface area contributed by atoms with E-state index in [9.17, 15) is 14.7 Å². The standard InChI is InChI=1S/C39H42N6O3/c1-39(2,26-46)25-40-37(47)29-16-17-33-30(22-29)24-44(31-8-4-3-5-9-31)36(41-33)28-14-12-27(13-15-28)23-43-20-18-32(19-21-43)45-35-11-7-6-10-34(35)42-38(45)48/h3-17,22,32,46H,18-21,23-26H2,1-2H3,(H,40,47)(H,42,48). The number of benzene rings is 4. The minimum Gasteiger partial charge on any atom is -0.396 e. The van der Waals surface area contributed by atoms with Crippen LogP contribution in [-0.4, -0.2) is 57.5 Å². The number of amides is 1. The van der Waals surface area contributed by atoms with Crippen LogP contribution in [0.3, 0.4) is 0 Å². The minimum absolute atomic E-state index is 0.00337. The number of carbonyl (C=O) groups excluding carboxylic acids is 1. The number of carbonyl (C=O) groups is 1. The van der Waals surface area contributed by atoms with Crippen LogP contribution in [0.4, 0.5) is 11.4 Å². The van der Waals surface area contributed by atoms with Crippen LogP contribution >= 0.6 is 0 Å². The maximum absolute atomic E-state index is 13.0. The van der Waals surface area contributed by atoms with E-state index < -0.39 is 0 Å². The molecule has 1 amide bonds. The Hall–Kier alpha value is -4.99. The van der Waals surface area contributed by atoms with Crippen LogP contribution in [0.25, 0.3) is 11.0 Å². The second-order valence-electron chi connectivity index (χ2n) is 13.7. The van der Waals surface area contributed by atoms with E-state index in [4.69, 9.17) is 4.99 Å². The lowest BCUT2D eigenvalue weighted by Crippen LogP contribution is -2.36. The van der Waals surface area contributed by atoms with Gasteiger partial charge in [0.15, 0.2) is 0 Å². The van der Waals surface area contributed by atoms with Crippen molar-refractivity contribution in [2.24, 2.45) is 10.4 Å². The number of nitrogens with zero attached hydrogens (tertiary/aromatic N) is 4. The summed E-state index contributed by atoms with van der Waals surface area (Å²) in [4.78, 5) is 38.5. The highest BCUT2D eigenvalue weighted by molar-refractivity contribution is 6.12. The van der Waals surface area contributed by atoms with Gasteiger partial charge in [-0.05, 0) is 66.4 Å². The minimum atomic E-state index is -0.389. The van der Waals surface area contributed by atoms with Crippen molar-refractivity contribution in [2.75, 3.05) is 31.1 Å². The molecule has 3 N–H and O–H groups in total. The number of amidine groups is 1. The van der Waals surface area contributed by atoms with Crippen molar-refractivity contribution < 1.29 is 9.90 Å². The highest BCUT2D eigenvalue weighted by Gasteiger charge is 2.26. The van der Waals surface area contributed by atoms with Crippen LogP contribution in [0.15, 0.2) is 107 Å². The zero-order valence-corrected chi connectivity index (χ0v) is 27.5. The van der Waals surface area contributed by atoms with Gasteiger partial charge in [-0.2, -0.15) is 0 Å². The van der Waals surface area contributed by atoms with Crippen molar-refractivity contribution in [1.29, 1.82) is 0 Å². The second-order valence-corrected chi connectivity index (χ2v) is 13.7. The predicted octanol–water partition coefficient (Wildman–Crippen LogP) is 6.01. The number of aliphatic hydroxyl groups excluding tert-OH is 1. The quantitative estimate of drug-likeness (QED) is 0.183. The average molecular weight is 643 g/mol. The fourth-order valence-corrected chi connectivity index (χ4v) is 6.69. The number of nitrogens with one attached hydrogen (secondary N) is 2. The number of aromatic nitrogens is 2. The Labute approximate surface area is 280 Å². The molecule has 246 valence electrons. The Bertz CT molecular complexity index is 2000. The van der Waals surface area contributed by atoms with Crippen molar-refractivity contribution in [3.05, 3.63) is 130 Å². The zero-order valence-electron chi connectivity index (χ0n) is 27.5. The Balaban J connectivity index is 1.06. The van der Waals surface area contributed by atoms with E-state index in [0.29, 0.717) is 18.7 Å². The molecule has 1 aromatic heterocycles. The van der Waals surface area contributed by atoms with E-state index in [1.807, 2.05) is 79.1 Å². The van der Waals surface area contributed by atoms with Crippen LogP contribution in [0, 0.1) is 5.41 Å². The molecule has 0 atom stereocenters. The van der Waals surface area contributed by atoms with Gasteiger partial charge >= 0.3 is 5.69 Å². The second kappa shape index (κ2) is 13.3. The number of likely N-dealkylation sites (tertiary alicyclic amines) is 1. The van der Waals surface area contributed by atoms with Crippen molar-refractivity contribution in [1.82, 2.24) is 19.8 Å². The molecule has 7 rings (SSSR count). The molecule has 0 unspecified atom stereocenters. The topological polar surface area (TPSA) is 106 Å². The van der Waals surface area contributed by atoms with E-state index in [2.05, 4.69) is 56.5 Å². The third-order valence-electron chi connectivity index (χ3n) is 9.54. The molecule has 1 fully saturated rings. The third kappa shape index (κ3) is 6.56. The van der Waals surface area contributed by atoms with E-state index in [1.165, 1.54) is 5.56 Å². The van der Waals surface area contributed by atoms with Crippen molar-refractivity contribution in [3.63, 3.8) is 0 Å². The van der Waals surface area contributed by atoms with Gasteiger partial charge in [0.25, 0.3) is 5.91 Å². The van der Waals surface area contributed by atoms with E-state index in [1.54, 1.807) is 0 Å². The number of aromatic amines is 1. The molecule has 1 saturated heterocycles. The Morgan fingerprint density at radius 3 is 2.44 bits per heavy atom. The fraction of sp³-hybridized carbons (Fsp3) is 0.308. The van der Waals surface area contributed by atoms with Gasteiger partial charge in [0, 0.05) is 61.1 Å². The Morgan fingerprint density at radius 2 is 1.69 bits per heavy atom. The van der Waals surface area contributed by atoms with Crippen LogP contribution in [0.2, 0.25) is 0 Å². The average Bonchev–Trinajstić information content (AvgIpc) is 3.46. The molecule has 0 radical (unpaired) electrons. The summed E-state index contributed by atoms with van der Waals surface area (Å²) in [5.41, 5.74) is 7.18. The summed E-state index contributed by atoms with van der Waals surface area (Å²) in [6.07, 6.45) is 1.87. The molecule has 0 bridgehead atoms. The molecular formula is C39H42N6O3. The fourth-order valence-electron chi connectivity index (χ4n) is 6.69. The number of H-pyrrole nitrogens is 1. The molecule has 5 aromatic rings. The van der Waals surface area contributed by atoms with Crippen LogP contribution in [-0.2, 0) is 13.1 Å². The van der Waals surface area contributed by atoms with Crippen molar-refractivity contribution in [3.8, 4) is 0 Å². The molecule has 48 heavy (non-hydrogen) atoms. The molecule has 4 aromatic carbocycles. The SMILES string of the molecule is CC(C)(CO)CNC(=O)c1ccc2c(c1)CN(c1ccccc1)C(c1ccc(CN3CCC(n4c(=O)[nH]c5ccccc54)CC3)cc1)=N2. The highest BCUT2D eigenvalue weighted by atomic mass is 16.3. The van der Waals surface area contributed by atoms with Gasteiger partial charge < -0.3 is 20.3 Å². The summed E-state index contributed by atoms with van der Waals surface area (Å²) in [5, 5.41) is 12.5. The van der Waals surface area contributed by atoms with Crippen LogP contribution < -0.4 is 15.9 Å². The molecule has 0 saturated carbocycles.